The Morgan fingerprint density at radius 1 is 1.09 bits per heavy atom. The van der Waals surface area contributed by atoms with Gasteiger partial charge in [0.25, 0.3) is 0 Å². The Kier molecular flexibility index (Phi) is 3.21. The van der Waals surface area contributed by atoms with Crippen molar-refractivity contribution in [2.75, 3.05) is 0 Å². The maximum Gasteiger partial charge on any atom is 0.221 e. The minimum Gasteiger partial charge on any atom is -0.393 e. The third-order valence-electron chi connectivity index (χ3n) is 7.81. The fraction of sp³-hybridized carbons (Fsp3) is 0.789. The molecule has 0 saturated heterocycles. The maximum absolute atomic E-state index is 12.1. The zero-order chi connectivity index (χ0) is 16.6. The van der Waals surface area contributed by atoms with Crippen LogP contribution in [0.4, 0.5) is 0 Å². The number of rotatable bonds is 0. The molecule has 4 aliphatic rings. The molecule has 2 N–H and O–H groups in total. The first kappa shape index (κ1) is 15.5. The summed E-state index contributed by atoms with van der Waals surface area (Å²) >= 11 is 0. The number of ketones is 2. The van der Waals surface area contributed by atoms with Crippen LogP contribution in [-0.4, -0.2) is 34.0 Å². The molecule has 0 aromatic carbocycles. The van der Waals surface area contributed by atoms with E-state index in [1.165, 1.54) is 6.08 Å². The van der Waals surface area contributed by atoms with Crippen molar-refractivity contribution in [1.82, 2.24) is 0 Å². The van der Waals surface area contributed by atoms with Gasteiger partial charge in [-0.15, -0.1) is 0 Å². The summed E-state index contributed by atoms with van der Waals surface area (Å²) in [4.78, 5) is 23.9. The molecule has 0 heterocycles. The van der Waals surface area contributed by atoms with E-state index in [4.69, 9.17) is 0 Å². The molecule has 0 bridgehead atoms. The smallest absolute Gasteiger partial charge is 0.221 e. The van der Waals surface area contributed by atoms with Gasteiger partial charge < -0.3 is 10.2 Å². The molecule has 126 valence electrons. The third kappa shape index (κ3) is 1.91. The summed E-state index contributed by atoms with van der Waals surface area (Å²) < 4.78 is 0. The van der Waals surface area contributed by atoms with E-state index in [0.29, 0.717) is 24.2 Å². The quantitative estimate of drug-likeness (QED) is 0.670. The SMILES string of the molecule is C[C@]12CC[C@H]3[C@@H](C[C@@H](O)C4=CC(=O)C(=O)C[C@@]43C)[C@@H]1CC[C@@H]2O. The molecule has 0 aromatic rings. The zero-order valence-corrected chi connectivity index (χ0v) is 13.9. The second-order valence-corrected chi connectivity index (χ2v) is 8.75. The summed E-state index contributed by atoms with van der Waals surface area (Å²) in [5, 5.41) is 21.1. The highest BCUT2D eigenvalue weighted by Gasteiger charge is 2.61. The van der Waals surface area contributed by atoms with E-state index < -0.39 is 11.9 Å². The van der Waals surface area contributed by atoms with Gasteiger partial charge in [-0.1, -0.05) is 13.8 Å². The van der Waals surface area contributed by atoms with Gasteiger partial charge >= 0.3 is 0 Å². The number of hydrogen-bond acceptors (Lipinski definition) is 4. The molecule has 0 aromatic heterocycles. The van der Waals surface area contributed by atoms with Crippen molar-refractivity contribution >= 4 is 11.6 Å². The number of carbonyl (C=O) groups excluding carboxylic acids is 2. The lowest BCUT2D eigenvalue weighted by atomic mass is 9.47. The van der Waals surface area contributed by atoms with E-state index in [9.17, 15) is 19.8 Å². The molecule has 0 amide bonds. The van der Waals surface area contributed by atoms with Gasteiger partial charge in [0.05, 0.1) is 12.2 Å². The van der Waals surface area contributed by atoms with Crippen LogP contribution in [-0.2, 0) is 9.59 Å². The molecular weight excluding hydrogens is 292 g/mol. The van der Waals surface area contributed by atoms with Crippen LogP contribution < -0.4 is 0 Å². The molecule has 3 saturated carbocycles. The fourth-order valence-electron chi connectivity index (χ4n) is 6.50. The van der Waals surface area contributed by atoms with Crippen molar-refractivity contribution in [2.24, 2.45) is 28.6 Å². The van der Waals surface area contributed by atoms with Crippen LogP contribution in [0.3, 0.4) is 0 Å². The first-order valence-electron chi connectivity index (χ1n) is 8.93. The highest BCUT2D eigenvalue weighted by molar-refractivity contribution is 6.42. The lowest BCUT2D eigenvalue weighted by Gasteiger charge is -2.58. The Labute approximate surface area is 137 Å². The fourth-order valence-corrected chi connectivity index (χ4v) is 6.50. The second-order valence-electron chi connectivity index (χ2n) is 8.75. The third-order valence-corrected chi connectivity index (χ3v) is 7.81. The average Bonchev–Trinajstić information content (AvgIpc) is 2.78. The van der Waals surface area contributed by atoms with Crippen LogP contribution in [0, 0.1) is 28.6 Å². The van der Waals surface area contributed by atoms with E-state index in [0.717, 1.165) is 31.3 Å². The zero-order valence-electron chi connectivity index (χ0n) is 13.9. The summed E-state index contributed by atoms with van der Waals surface area (Å²) in [6, 6.07) is 0. The van der Waals surface area contributed by atoms with Crippen molar-refractivity contribution in [3.63, 3.8) is 0 Å². The Morgan fingerprint density at radius 3 is 2.57 bits per heavy atom. The Balaban J connectivity index is 1.75. The van der Waals surface area contributed by atoms with Crippen molar-refractivity contribution in [2.45, 2.75) is 64.6 Å². The highest BCUT2D eigenvalue weighted by Crippen LogP contribution is 2.64. The predicted octanol–water partition coefficient (Wildman–Crippen LogP) is 2.03. The van der Waals surface area contributed by atoms with Crippen LogP contribution in [0.25, 0.3) is 0 Å². The molecule has 0 spiro atoms. The number of aliphatic hydroxyl groups excluding tert-OH is 2. The van der Waals surface area contributed by atoms with Crippen LogP contribution in [0.5, 0.6) is 0 Å². The first-order chi connectivity index (χ1) is 10.8. The second kappa shape index (κ2) is 4.76. The summed E-state index contributed by atoms with van der Waals surface area (Å²) in [5.41, 5.74) is 0.348. The molecule has 4 heteroatoms. The Morgan fingerprint density at radius 2 is 1.83 bits per heavy atom. The van der Waals surface area contributed by atoms with E-state index >= 15 is 0 Å². The Hall–Kier alpha value is -1.00. The van der Waals surface area contributed by atoms with E-state index in [1.54, 1.807) is 0 Å². The van der Waals surface area contributed by atoms with E-state index in [2.05, 4.69) is 13.8 Å². The van der Waals surface area contributed by atoms with Crippen LogP contribution in [0.15, 0.2) is 11.6 Å². The normalized spacial score (nSPS) is 52.5. The topological polar surface area (TPSA) is 74.6 Å². The molecular formula is C19H26O4. The van der Waals surface area contributed by atoms with Gasteiger partial charge in [-0.05, 0) is 66.9 Å². The van der Waals surface area contributed by atoms with Crippen molar-refractivity contribution in [1.29, 1.82) is 0 Å². The van der Waals surface area contributed by atoms with E-state index in [-0.39, 0.29) is 29.1 Å². The molecule has 23 heavy (non-hydrogen) atoms. The average molecular weight is 318 g/mol. The number of aliphatic hydroxyl groups is 2. The molecule has 4 aliphatic carbocycles. The van der Waals surface area contributed by atoms with Gasteiger partial charge in [-0.25, -0.2) is 0 Å². The lowest BCUT2D eigenvalue weighted by Crippen LogP contribution is -2.55. The van der Waals surface area contributed by atoms with E-state index in [1.807, 2.05) is 0 Å². The van der Waals surface area contributed by atoms with Crippen molar-refractivity contribution < 1.29 is 19.8 Å². The standard InChI is InChI=1S/C19H26O4/c1-18-6-5-12-10(11(18)3-4-17(18)23)7-14(20)13-8-15(21)16(22)9-19(12,13)2/h8,10-12,14,17,20,23H,3-7,9H2,1-2H3/t10-,11-,12-,14+,17-,18-,19+/m0/s1. The molecule has 0 radical (unpaired) electrons. The van der Waals surface area contributed by atoms with Crippen molar-refractivity contribution in [3.8, 4) is 0 Å². The summed E-state index contributed by atoms with van der Waals surface area (Å²) in [7, 11) is 0. The summed E-state index contributed by atoms with van der Waals surface area (Å²) in [6.45, 7) is 4.26. The van der Waals surface area contributed by atoms with Gasteiger partial charge in [0.2, 0.25) is 11.6 Å². The van der Waals surface area contributed by atoms with Crippen LogP contribution >= 0.6 is 0 Å². The molecule has 4 nitrogen and oxygen atoms in total. The van der Waals surface area contributed by atoms with Gasteiger partial charge in [0.15, 0.2) is 0 Å². The molecule has 4 rings (SSSR count). The number of Topliss-reactive ketones (excluding diaryl/α,β-unsaturated/α-hetero) is 1. The predicted molar refractivity (Wildman–Crippen MR) is 84.5 cm³/mol. The van der Waals surface area contributed by atoms with Crippen LogP contribution in [0.2, 0.25) is 0 Å². The summed E-state index contributed by atoms with van der Waals surface area (Å²) in [5.74, 6) is 0.314. The Bertz CT molecular complexity index is 608. The number of fused-ring (bicyclic) bond motifs is 5. The molecule has 0 aliphatic heterocycles. The minimum absolute atomic E-state index is 0.0487. The molecule has 7 atom stereocenters. The van der Waals surface area contributed by atoms with Gasteiger partial charge in [-0.3, -0.25) is 9.59 Å². The van der Waals surface area contributed by atoms with Gasteiger partial charge in [-0.2, -0.15) is 0 Å². The maximum atomic E-state index is 12.1. The summed E-state index contributed by atoms with van der Waals surface area (Å²) in [6.07, 6.45) is 5.25. The first-order valence-corrected chi connectivity index (χ1v) is 8.93. The van der Waals surface area contributed by atoms with Gasteiger partial charge in [0, 0.05) is 11.8 Å². The molecule has 3 fully saturated rings. The number of hydrogen-bond donors (Lipinski definition) is 2. The van der Waals surface area contributed by atoms with Gasteiger partial charge in [0.1, 0.15) is 0 Å². The van der Waals surface area contributed by atoms with Crippen molar-refractivity contribution in [3.05, 3.63) is 11.6 Å². The highest BCUT2D eigenvalue weighted by atomic mass is 16.3. The van der Waals surface area contributed by atoms with Crippen LogP contribution in [0.1, 0.15) is 52.4 Å². The molecule has 0 unspecified atom stereocenters. The number of carbonyl (C=O) groups is 2. The monoisotopic (exact) mass is 318 g/mol. The minimum atomic E-state index is -0.626. The lowest BCUT2D eigenvalue weighted by molar-refractivity contribution is -0.140. The largest absolute Gasteiger partial charge is 0.393 e.